The van der Waals surface area contributed by atoms with Crippen molar-refractivity contribution in [3.63, 3.8) is 0 Å². The molecule has 1 N–H and O–H groups in total. The molecule has 0 radical (unpaired) electrons. The van der Waals surface area contributed by atoms with E-state index in [4.69, 9.17) is 10.00 Å². The topological polar surface area (TPSA) is 103 Å². The summed E-state index contributed by atoms with van der Waals surface area (Å²) >= 11 is 0. The zero-order chi connectivity index (χ0) is 21.7. The van der Waals surface area contributed by atoms with Crippen LogP contribution in [-0.4, -0.2) is 75.1 Å². The summed E-state index contributed by atoms with van der Waals surface area (Å²) in [7, 11) is -3.68. The van der Waals surface area contributed by atoms with Gasteiger partial charge in [0.05, 0.1) is 23.2 Å². The Morgan fingerprint density at radius 1 is 1.23 bits per heavy atom. The minimum Gasteiger partial charge on any atom is -0.373 e. The summed E-state index contributed by atoms with van der Waals surface area (Å²) in [6, 6.07) is 8.07. The van der Waals surface area contributed by atoms with E-state index in [2.05, 4.69) is 23.5 Å². The third kappa shape index (κ3) is 5.58. The molecule has 0 bridgehead atoms. The molecule has 9 heteroatoms. The minimum absolute atomic E-state index is 0.0618. The number of likely N-dealkylation sites (tertiary alicyclic amines) is 1. The molecule has 0 spiro atoms. The first kappa shape index (κ1) is 22.7. The van der Waals surface area contributed by atoms with Crippen LogP contribution >= 0.6 is 0 Å². The monoisotopic (exact) mass is 434 g/mol. The maximum atomic E-state index is 13.1. The van der Waals surface area contributed by atoms with Gasteiger partial charge in [0, 0.05) is 50.7 Å². The van der Waals surface area contributed by atoms with Crippen molar-refractivity contribution in [3.05, 3.63) is 29.8 Å². The van der Waals surface area contributed by atoms with E-state index >= 15 is 0 Å². The predicted octanol–water partition coefficient (Wildman–Crippen LogP) is 1.59. The van der Waals surface area contributed by atoms with Gasteiger partial charge in [0.15, 0.2) is 0 Å². The predicted molar refractivity (Wildman–Crippen MR) is 112 cm³/mol. The van der Waals surface area contributed by atoms with Crippen molar-refractivity contribution < 1.29 is 17.9 Å². The highest BCUT2D eigenvalue weighted by atomic mass is 32.2. The molecule has 164 valence electrons. The van der Waals surface area contributed by atoms with Crippen LogP contribution in [0.5, 0.6) is 0 Å². The lowest BCUT2D eigenvalue weighted by Gasteiger charge is -2.38. The van der Waals surface area contributed by atoms with E-state index in [1.165, 1.54) is 12.1 Å². The van der Waals surface area contributed by atoms with Gasteiger partial charge in [-0.3, -0.25) is 9.69 Å². The number of sulfonamides is 1. The number of amides is 1. The van der Waals surface area contributed by atoms with Crippen LogP contribution in [0.15, 0.2) is 29.2 Å². The quantitative estimate of drug-likeness (QED) is 0.654. The summed E-state index contributed by atoms with van der Waals surface area (Å²) in [5.41, 5.74) is 0.488. The van der Waals surface area contributed by atoms with Gasteiger partial charge in [0.25, 0.3) is 5.91 Å². The smallest absolute Gasteiger partial charge is 0.254 e. The lowest BCUT2D eigenvalue weighted by Crippen LogP contribution is -2.50. The van der Waals surface area contributed by atoms with Crippen LogP contribution in [-0.2, 0) is 14.8 Å². The van der Waals surface area contributed by atoms with Gasteiger partial charge in [-0.1, -0.05) is 0 Å². The third-order valence-electron chi connectivity index (χ3n) is 5.54. The largest absolute Gasteiger partial charge is 0.373 e. The van der Waals surface area contributed by atoms with E-state index in [1.54, 1.807) is 12.1 Å². The molecule has 3 rings (SSSR count). The van der Waals surface area contributed by atoms with Crippen LogP contribution < -0.4 is 4.72 Å². The average Bonchev–Trinajstić information content (AvgIpc) is 3.15. The second-order valence-corrected chi connectivity index (χ2v) is 9.87. The Morgan fingerprint density at radius 2 is 1.90 bits per heavy atom. The zero-order valence-electron chi connectivity index (χ0n) is 17.6. The Morgan fingerprint density at radius 3 is 2.53 bits per heavy atom. The van der Waals surface area contributed by atoms with Crippen molar-refractivity contribution in [2.75, 3.05) is 32.7 Å². The lowest BCUT2D eigenvalue weighted by atomic mass is 10.1. The molecule has 0 saturated carbocycles. The molecule has 2 heterocycles. The molecule has 8 nitrogen and oxygen atoms in total. The highest BCUT2D eigenvalue weighted by Gasteiger charge is 2.33. The van der Waals surface area contributed by atoms with Gasteiger partial charge >= 0.3 is 0 Å². The molecule has 2 saturated heterocycles. The number of carbonyl (C=O) groups is 1. The summed E-state index contributed by atoms with van der Waals surface area (Å²) in [5.74, 6) is -0.0618. The summed E-state index contributed by atoms with van der Waals surface area (Å²) < 4.78 is 32.7. The molecule has 30 heavy (non-hydrogen) atoms. The Balaban J connectivity index is 1.64. The Labute approximate surface area is 178 Å². The van der Waals surface area contributed by atoms with E-state index in [0.717, 1.165) is 32.5 Å². The van der Waals surface area contributed by atoms with Crippen LogP contribution in [0.2, 0.25) is 0 Å². The molecule has 3 unspecified atom stereocenters. The molecule has 1 aromatic carbocycles. The summed E-state index contributed by atoms with van der Waals surface area (Å²) in [4.78, 5) is 17.5. The Kier molecular flexibility index (Phi) is 7.47. The first-order valence-corrected chi connectivity index (χ1v) is 11.9. The number of rotatable bonds is 7. The van der Waals surface area contributed by atoms with E-state index in [1.807, 2.05) is 11.0 Å². The number of nitrogens with one attached hydrogen (secondary N) is 1. The lowest BCUT2D eigenvalue weighted by molar-refractivity contribution is -0.0715. The molecule has 0 aromatic heterocycles. The number of ether oxygens (including phenoxy) is 1. The summed E-state index contributed by atoms with van der Waals surface area (Å²) in [6.07, 6.45) is 2.43. The van der Waals surface area contributed by atoms with Crippen LogP contribution in [0.4, 0.5) is 0 Å². The third-order valence-corrected chi connectivity index (χ3v) is 7.02. The molecular formula is C21H30N4O4S. The van der Waals surface area contributed by atoms with E-state index in [9.17, 15) is 13.2 Å². The molecule has 2 aliphatic heterocycles. The van der Waals surface area contributed by atoms with Gasteiger partial charge in [0.2, 0.25) is 10.0 Å². The molecular weight excluding hydrogens is 404 g/mol. The van der Waals surface area contributed by atoms with Crippen molar-refractivity contribution in [1.82, 2.24) is 14.5 Å². The maximum Gasteiger partial charge on any atom is 0.254 e. The number of nitrogens with zero attached hydrogens (tertiary/aromatic N) is 3. The van der Waals surface area contributed by atoms with Crippen molar-refractivity contribution >= 4 is 15.9 Å². The molecule has 1 amide bonds. The second kappa shape index (κ2) is 9.88. The normalized spacial score (nSPS) is 25.2. The first-order valence-electron chi connectivity index (χ1n) is 10.5. The number of benzene rings is 1. The average molecular weight is 435 g/mol. The molecule has 2 fully saturated rings. The standard InChI is InChI=1S/C21H30N4O4S/c1-16-13-24(14-17(2)29-16)15-19-5-3-12-25(19)21(26)18-6-8-20(9-7-18)30(27,28)23-11-4-10-22/h6-9,16-17,19,23H,3-5,11-15H2,1-2H3. The Hall–Kier alpha value is -1.99. The molecule has 0 aliphatic carbocycles. The molecule has 3 atom stereocenters. The van der Waals surface area contributed by atoms with Gasteiger partial charge in [-0.15, -0.1) is 0 Å². The van der Waals surface area contributed by atoms with Crippen LogP contribution in [0.25, 0.3) is 0 Å². The fourth-order valence-corrected chi connectivity index (χ4v) is 5.32. The van der Waals surface area contributed by atoms with Gasteiger partial charge < -0.3 is 9.64 Å². The number of morpholine rings is 1. The number of hydrogen-bond donors (Lipinski definition) is 1. The highest BCUT2D eigenvalue weighted by molar-refractivity contribution is 7.89. The number of hydrogen-bond acceptors (Lipinski definition) is 6. The fourth-order valence-electron chi connectivity index (χ4n) is 4.29. The fraction of sp³-hybridized carbons (Fsp3) is 0.619. The van der Waals surface area contributed by atoms with Gasteiger partial charge in [-0.2, -0.15) is 5.26 Å². The first-order chi connectivity index (χ1) is 14.3. The van der Waals surface area contributed by atoms with Crippen LogP contribution in [0.3, 0.4) is 0 Å². The van der Waals surface area contributed by atoms with E-state index in [-0.39, 0.29) is 42.0 Å². The molecule has 1 aromatic rings. The van der Waals surface area contributed by atoms with Gasteiger partial charge in [-0.25, -0.2) is 13.1 Å². The van der Waals surface area contributed by atoms with Crippen molar-refractivity contribution in [2.24, 2.45) is 0 Å². The van der Waals surface area contributed by atoms with Crippen molar-refractivity contribution in [3.8, 4) is 6.07 Å². The second-order valence-electron chi connectivity index (χ2n) is 8.10. The van der Waals surface area contributed by atoms with Crippen molar-refractivity contribution in [2.45, 2.75) is 56.3 Å². The molecule has 2 aliphatic rings. The van der Waals surface area contributed by atoms with Crippen LogP contribution in [0.1, 0.15) is 43.5 Å². The van der Waals surface area contributed by atoms with Gasteiger partial charge in [0.1, 0.15) is 0 Å². The zero-order valence-corrected chi connectivity index (χ0v) is 18.4. The summed E-state index contributed by atoms with van der Waals surface area (Å²) in [5, 5.41) is 8.55. The van der Waals surface area contributed by atoms with E-state index in [0.29, 0.717) is 12.1 Å². The highest BCUT2D eigenvalue weighted by Crippen LogP contribution is 2.23. The van der Waals surface area contributed by atoms with Gasteiger partial charge in [-0.05, 0) is 51.0 Å². The number of carbonyl (C=O) groups excluding carboxylic acids is 1. The maximum absolute atomic E-state index is 13.1. The Bertz CT molecular complexity index is 871. The minimum atomic E-state index is -3.68. The number of nitriles is 1. The SMILES string of the molecule is CC1CN(CC2CCCN2C(=O)c2ccc(S(=O)(=O)NCCC#N)cc2)CC(C)O1. The van der Waals surface area contributed by atoms with Crippen molar-refractivity contribution in [1.29, 1.82) is 5.26 Å². The summed E-state index contributed by atoms with van der Waals surface area (Å²) in [6.45, 7) is 7.50. The van der Waals surface area contributed by atoms with E-state index < -0.39 is 10.0 Å². The van der Waals surface area contributed by atoms with Crippen LogP contribution in [0, 0.1) is 11.3 Å².